The van der Waals surface area contributed by atoms with Gasteiger partial charge in [0.25, 0.3) is 0 Å². The van der Waals surface area contributed by atoms with E-state index in [-0.39, 0.29) is 5.97 Å². The number of unbranched alkanes of at least 4 members (excludes halogenated alkanes) is 2. The molecule has 18 heavy (non-hydrogen) atoms. The van der Waals surface area contributed by atoms with Crippen LogP contribution >= 0.6 is 0 Å². The van der Waals surface area contributed by atoms with Crippen molar-refractivity contribution in [1.29, 1.82) is 0 Å². The zero-order valence-electron chi connectivity index (χ0n) is 11.1. The Labute approximate surface area is 109 Å². The summed E-state index contributed by atoms with van der Waals surface area (Å²) in [5.74, 6) is -0.299. The first-order chi connectivity index (χ1) is 8.77. The van der Waals surface area contributed by atoms with E-state index >= 15 is 0 Å². The van der Waals surface area contributed by atoms with Gasteiger partial charge in [0.05, 0.1) is 12.7 Å². The summed E-state index contributed by atoms with van der Waals surface area (Å²) in [6.45, 7) is 2.15. The molecule has 0 saturated carbocycles. The Morgan fingerprint density at radius 1 is 1.28 bits per heavy atom. The number of benzene rings is 1. The standard InChI is InChI=1S/C16H20O2/c1-3-4-5-9-12-15(16(17)18-2)13-14-10-7-6-8-11-14/h6-13H,3-5H2,1-2H3/b12-9+,15-13+. The fourth-order valence-electron chi connectivity index (χ4n) is 1.55. The molecule has 0 radical (unpaired) electrons. The third-order valence-corrected chi connectivity index (χ3v) is 2.56. The largest absolute Gasteiger partial charge is 0.465 e. The van der Waals surface area contributed by atoms with Crippen LogP contribution in [0.2, 0.25) is 0 Å². The molecule has 1 aromatic carbocycles. The number of carbonyl (C=O) groups is 1. The number of methoxy groups -OCH3 is 1. The highest BCUT2D eigenvalue weighted by Crippen LogP contribution is 2.10. The summed E-state index contributed by atoms with van der Waals surface area (Å²) in [6, 6.07) is 9.76. The molecular weight excluding hydrogens is 224 g/mol. The minimum absolute atomic E-state index is 0.299. The Morgan fingerprint density at radius 2 is 2.00 bits per heavy atom. The molecular formula is C16H20O2. The van der Waals surface area contributed by atoms with Crippen LogP contribution in [0.25, 0.3) is 6.08 Å². The van der Waals surface area contributed by atoms with E-state index in [0.717, 1.165) is 24.8 Å². The number of allylic oxidation sites excluding steroid dienone is 1. The first kappa shape index (κ1) is 14.2. The molecule has 0 bridgehead atoms. The van der Waals surface area contributed by atoms with Crippen molar-refractivity contribution in [3.8, 4) is 0 Å². The Kier molecular flexibility index (Phi) is 6.55. The van der Waals surface area contributed by atoms with Crippen molar-refractivity contribution < 1.29 is 9.53 Å². The summed E-state index contributed by atoms with van der Waals surface area (Å²) < 4.78 is 4.78. The van der Waals surface area contributed by atoms with Gasteiger partial charge in [0.15, 0.2) is 0 Å². The minimum Gasteiger partial charge on any atom is -0.465 e. The lowest BCUT2D eigenvalue weighted by Gasteiger charge is -2.00. The molecule has 0 aromatic heterocycles. The molecule has 0 N–H and O–H groups in total. The summed E-state index contributed by atoms with van der Waals surface area (Å²) in [4.78, 5) is 11.6. The monoisotopic (exact) mass is 244 g/mol. The van der Waals surface area contributed by atoms with Crippen LogP contribution in [0.15, 0.2) is 48.1 Å². The number of hydrogen-bond acceptors (Lipinski definition) is 2. The fourth-order valence-corrected chi connectivity index (χ4v) is 1.55. The molecule has 2 nitrogen and oxygen atoms in total. The predicted molar refractivity (Wildman–Crippen MR) is 75.1 cm³/mol. The highest BCUT2D eigenvalue weighted by molar-refractivity contribution is 5.96. The lowest BCUT2D eigenvalue weighted by Crippen LogP contribution is -2.02. The van der Waals surface area contributed by atoms with E-state index in [0.29, 0.717) is 5.57 Å². The van der Waals surface area contributed by atoms with Gasteiger partial charge in [-0.3, -0.25) is 0 Å². The molecule has 0 aliphatic carbocycles. The molecule has 0 spiro atoms. The van der Waals surface area contributed by atoms with Crippen LogP contribution in [0, 0.1) is 0 Å². The second-order valence-corrected chi connectivity index (χ2v) is 4.05. The van der Waals surface area contributed by atoms with Crippen molar-refractivity contribution in [3.05, 3.63) is 53.6 Å². The lowest BCUT2D eigenvalue weighted by molar-refractivity contribution is -0.135. The average molecular weight is 244 g/mol. The topological polar surface area (TPSA) is 26.3 Å². The van der Waals surface area contributed by atoms with Gasteiger partial charge >= 0.3 is 5.97 Å². The zero-order chi connectivity index (χ0) is 13.2. The van der Waals surface area contributed by atoms with E-state index < -0.39 is 0 Å². The van der Waals surface area contributed by atoms with Crippen LogP contribution in [-0.2, 0) is 9.53 Å². The van der Waals surface area contributed by atoms with Crippen LogP contribution in [0.5, 0.6) is 0 Å². The van der Waals surface area contributed by atoms with Crippen molar-refractivity contribution in [2.24, 2.45) is 0 Å². The molecule has 0 atom stereocenters. The Bertz CT molecular complexity index is 416. The average Bonchev–Trinajstić information content (AvgIpc) is 2.42. The van der Waals surface area contributed by atoms with Crippen LogP contribution in [0.4, 0.5) is 0 Å². The van der Waals surface area contributed by atoms with Crippen LogP contribution in [0.1, 0.15) is 31.7 Å². The molecule has 0 heterocycles. The Hall–Kier alpha value is -1.83. The van der Waals surface area contributed by atoms with Gasteiger partial charge in [0.1, 0.15) is 0 Å². The van der Waals surface area contributed by atoms with Crippen LogP contribution in [0.3, 0.4) is 0 Å². The van der Waals surface area contributed by atoms with E-state index in [9.17, 15) is 4.79 Å². The number of carbonyl (C=O) groups excluding carboxylic acids is 1. The summed E-state index contributed by atoms with van der Waals surface area (Å²) in [5.41, 5.74) is 1.58. The predicted octanol–water partition coefficient (Wildman–Crippen LogP) is 3.99. The van der Waals surface area contributed by atoms with Crippen LogP contribution < -0.4 is 0 Å². The maximum atomic E-state index is 11.6. The molecule has 0 amide bonds. The SMILES string of the molecule is CCCC/C=C/C(=C\c1ccccc1)C(=O)OC. The first-order valence-corrected chi connectivity index (χ1v) is 6.29. The van der Waals surface area contributed by atoms with Gasteiger partial charge in [-0.1, -0.05) is 62.2 Å². The fraction of sp³-hybridized carbons (Fsp3) is 0.312. The molecule has 1 rings (SSSR count). The number of hydrogen-bond donors (Lipinski definition) is 0. The van der Waals surface area contributed by atoms with E-state index in [2.05, 4.69) is 6.92 Å². The third kappa shape index (κ3) is 5.00. The maximum absolute atomic E-state index is 11.6. The lowest BCUT2D eigenvalue weighted by atomic mass is 10.1. The summed E-state index contributed by atoms with van der Waals surface area (Å²) in [6.07, 6.45) is 8.98. The van der Waals surface area contributed by atoms with Gasteiger partial charge in [-0.2, -0.15) is 0 Å². The van der Waals surface area contributed by atoms with Crippen molar-refractivity contribution in [2.75, 3.05) is 7.11 Å². The van der Waals surface area contributed by atoms with Gasteiger partial charge in [0.2, 0.25) is 0 Å². The molecule has 0 aliphatic heterocycles. The van der Waals surface area contributed by atoms with Crippen LogP contribution in [-0.4, -0.2) is 13.1 Å². The van der Waals surface area contributed by atoms with Gasteiger partial charge in [-0.15, -0.1) is 0 Å². The molecule has 96 valence electrons. The van der Waals surface area contributed by atoms with Gasteiger partial charge in [0, 0.05) is 0 Å². The number of esters is 1. The highest BCUT2D eigenvalue weighted by atomic mass is 16.5. The quantitative estimate of drug-likeness (QED) is 0.327. The number of ether oxygens (including phenoxy) is 1. The Morgan fingerprint density at radius 3 is 2.61 bits per heavy atom. The smallest absolute Gasteiger partial charge is 0.337 e. The van der Waals surface area contributed by atoms with Crippen molar-refractivity contribution in [2.45, 2.75) is 26.2 Å². The second kappa shape index (κ2) is 8.29. The van der Waals surface area contributed by atoms with E-state index in [4.69, 9.17) is 4.74 Å². The molecule has 0 fully saturated rings. The highest BCUT2D eigenvalue weighted by Gasteiger charge is 2.05. The zero-order valence-corrected chi connectivity index (χ0v) is 11.1. The van der Waals surface area contributed by atoms with Gasteiger partial charge in [-0.05, 0) is 18.1 Å². The maximum Gasteiger partial charge on any atom is 0.337 e. The van der Waals surface area contributed by atoms with E-state index in [1.54, 1.807) is 0 Å². The van der Waals surface area contributed by atoms with Crippen molar-refractivity contribution >= 4 is 12.0 Å². The van der Waals surface area contributed by atoms with Crippen molar-refractivity contribution in [3.63, 3.8) is 0 Å². The summed E-state index contributed by atoms with van der Waals surface area (Å²) in [7, 11) is 1.40. The molecule has 1 aromatic rings. The second-order valence-electron chi connectivity index (χ2n) is 4.05. The molecule has 0 unspecified atom stereocenters. The normalized spacial score (nSPS) is 11.8. The van der Waals surface area contributed by atoms with E-state index in [1.165, 1.54) is 7.11 Å². The third-order valence-electron chi connectivity index (χ3n) is 2.56. The summed E-state index contributed by atoms with van der Waals surface area (Å²) in [5, 5.41) is 0. The van der Waals surface area contributed by atoms with Gasteiger partial charge < -0.3 is 4.74 Å². The molecule has 0 saturated heterocycles. The first-order valence-electron chi connectivity index (χ1n) is 6.29. The molecule has 0 aliphatic rings. The number of rotatable bonds is 6. The molecule has 2 heteroatoms. The van der Waals surface area contributed by atoms with Crippen molar-refractivity contribution in [1.82, 2.24) is 0 Å². The van der Waals surface area contributed by atoms with Gasteiger partial charge in [-0.25, -0.2) is 4.79 Å². The summed E-state index contributed by atoms with van der Waals surface area (Å²) >= 11 is 0. The minimum atomic E-state index is -0.299. The Balaban J connectivity index is 2.82. The van der Waals surface area contributed by atoms with E-state index in [1.807, 2.05) is 48.6 Å².